The molecule has 8 heteroatoms. The van der Waals surface area contributed by atoms with Crippen molar-refractivity contribution in [3.8, 4) is 0 Å². The van der Waals surface area contributed by atoms with Crippen molar-refractivity contribution in [2.75, 3.05) is 5.32 Å². The standard InChI is InChI=1S/C15H14BN5O2/c1-9-11(7-22)6-21-13(9)14(17-8-18-21)19-12-4-2-3-10(5-12)15(23)20-16/h2-6,8,22H,7H2,1H3,(H,20,23)(H,17,18,19). The average molecular weight is 307 g/mol. The van der Waals surface area contributed by atoms with Crippen LogP contribution in [0.15, 0.2) is 36.8 Å². The Labute approximate surface area is 133 Å². The molecule has 0 aliphatic rings. The molecule has 2 aromatic heterocycles. The van der Waals surface area contributed by atoms with E-state index in [1.54, 1.807) is 28.9 Å². The molecule has 0 bridgehead atoms. The Balaban J connectivity index is 2.02. The number of nitrogens with one attached hydrogen (secondary N) is 2. The smallest absolute Gasteiger partial charge is 0.238 e. The first-order chi connectivity index (χ1) is 11.1. The zero-order chi connectivity index (χ0) is 16.4. The highest BCUT2D eigenvalue weighted by Crippen LogP contribution is 2.25. The Hall–Kier alpha value is -2.87. The molecule has 1 amide bonds. The molecule has 0 aliphatic heterocycles. The lowest BCUT2D eigenvalue weighted by atomic mass is 10.1. The van der Waals surface area contributed by atoms with Crippen LogP contribution in [0.4, 0.5) is 11.5 Å². The number of hydrogen-bond acceptors (Lipinski definition) is 5. The van der Waals surface area contributed by atoms with E-state index in [-0.39, 0.29) is 12.5 Å². The predicted molar refractivity (Wildman–Crippen MR) is 86.6 cm³/mol. The van der Waals surface area contributed by atoms with Gasteiger partial charge in [0.2, 0.25) is 13.9 Å². The minimum Gasteiger partial charge on any atom is -0.405 e. The summed E-state index contributed by atoms with van der Waals surface area (Å²) in [5, 5.41) is 18.8. The quantitative estimate of drug-likeness (QED) is 0.628. The van der Waals surface area contributed by atoms with Crippen molar-refractivity contribution in [1.82, 2.24) is 19.8 Å². The van der Waals surface area contributed by atoms with E-state index < -0.39 is 0 Å². The molecular formula is C15H14BN5O2. The Morgan fingerprint density at radius 3 is 3.00 bits per heavy atom. The second-order valence-electron chi connectivity index (χ2n) is 5.02. The molecule has 1 aromatic carbocycles. The van der Waals surface area contributed by atoms with E-state index in [4.69, 9.17) is 7.98 Å². The molecule has 2 heterocycles. The Morgan fingerprint density at radius 1 is 1.43 bits per heavy atom. The number of rotatable bonds is 4. The zero-order valence-electron chi connectivity index (χ0n) is 12.4. The van der Waals surface area contributed by atoms with Crippen LogP contribution in [0, 0.1) is 6.92 Å². The van der Waals surface area contributed by atoms with Crippen LogP contribution in [0.3, 0.4) is 0 Å². The summed E-state index contributed by atoms with van der Waals surface area (Å²) in [6.45, 7) is 1.83. The molecule has 3 rings (SSSR count). The van der Waals surface area contributed by atoms with E-state index in [2.05, 4.69) is 20.6 Å². The van der Waals surface area contributed by atoms with Crippen molar-refractivity contribution in [3.63, 3.8) is 0 Å². The Kier molecular flexibility index (Phi) is 3.99. The topological polar surface area (TPSA) is 91.5 Å². The number of aromatic nitrogens is 3. The van der Waals surface area contributed by atoms with Crippen molar-refractivity contribution in [2.45, 2.75) is 13.5 Å². The second-order valence-corrected chi connectivity index (χ2v) is 5.02. The third-order valence-corrected chi connectivity index (χ3v) is 3.62. The Bertz CT molecular complexity index is 877. The van der Waals surface area contributed by atoms with Crippen molar-refractivity contribution in [2.24, 2.45) is 0 Å². The molecule has 0 atom stereocenters. The first kappa shape index (κ1) is 15.0. The summed E-state index contributed by atoms with van der Waals surface area (Å²) in [4.78, 5) is 15.9. The number of benzene rings is 1. The molecule has 23 heavy (non-hydrogen) atoms. The van der Waals surface area contributed by atoms with Gasteiger partial charge in [0, 0.05) is 23.0 Å². The maximum absolute atomic E-state index is 11.6. The van der Waals surface area contributed by atoms with Crippen molar-refractivity contribution in [1.29, 1.82) is 0 Å². The van der Waals surface area contributed by atoms with Gasteiger partial charge in [-0.05, 0) is 30.7 Å². The van der Waals surface area contributed by atoms with Gasteiger partial charge >= 0.3 is 0 Å². The maximum Gasteiger partial charge on any atom is 0.238 e. The van der Waals surface area contributed by atoms with Gasteiger partial charge in [-0.1, -0.05) is 6.07 Å². The normalized spacial score (nSPS) is 10.7. The number of carbonyl (C=O) groups excluding carboxylic acids is 1. The van der Waals surface area contributed by atoms with Crippen LogP contribution in [0.1, 0.15) is 21.5 Å². The van der Waals surface area contributed by atoms with Crippen molar-refractivity contribution >= 4 is 30.9 Å². The van der Waals surface area contributed by atoms with E-state index in [0.29, 0.717) is 17.1 Å². The predicted octanol–water partition coefficient (Wildman–Crippen LogP) is 1.09. The van der Waals surface area contributed by atoms with E-state index in [0.717, 1.165) is 16.6 Å². The van der Waals surface area contributed by atoms with Crippen molar-refractivity contribution < 1.29 is 9.90 Å². The van der Waals surface area contributed by atoms with E-state index in [1.807, 2.05) is 13.0 Å². The molecule has 3 N–H and O–H groups in total. The summed E-state index contributed by atoms with van der Waals surface area (Å²) in [6, 6.07) is 6.90. The highest BCUT2D eigenvalue weighted by atomic mass is 16.3. The summed E-state index contributed by atoms with van der Waals surface area (Å²) in [5.41, 5.74) is 3.57. The highest BCUT2D eigenvalue weighted by Gasteiger charge is 2.12. The average Bonchev–Trinajstić information content (AvgIpc) is 2.91. The molecule has 0 aliphatic carbocycles. The molecule has 3 aromatic rings. The second kappa shape index (κ2) is 6.09. The van der Waals surface area contributed by atoms with Crippen LogP contribution in [0.5, 0.6) is 0 Å². The minimum absolute atomic E-state index is 0.0687. The number of amides is 1. The summed E-state index contributed by atoms with van der Waals surface area (Å²) >= 11 is 0. The third kappa shape index (κ3) is 2.76. The zero-order valence-corrected chi connectivity index (χ0v) is 12.4. The largest absolute Gasteiger partial charge is 0.405 e. The fourth-order valence-electron chi connectivity index (χ4n) is 2.42. The number of aliphatic hydroxyl groups excluding tert-OH is 1. The monoisotopic (exact) mass is 307 g/mol. The lowest BCUT2D eigenvalue weighted by Gasteiger charge is -2.09. The number of anilines is 2. The molecule has 0 saturated carbocycles. The lowest BCUT2D eigenvalue weighted by molar-refractivity contribution is 0.0981. The van der Waals surface area contributed by atoms with E-state index >= 15 is 0 Å². The fraction of sp³-hybridized carbons (Fsp3) is 0.133. The molecule has 0 unspecified atom stereocenters. The molecule has 114 valence electrons. The van der Waals surface area contributed by atoms with E-state index in [9.17, 15) is 9.90 Å². The minimum atomic E-state index is -0.372. The highest BCUT2D eigenvalue weighted by molar-refractivity contribution is 6.18. The van der Waals surface area contributed by atoms with Gasteiger partial charge in [-0.15, -0.1) is 0 Å². The summed E-state index contributed by atoms with van der Waals surface area (Å²) in [6.07, 6.45) is 3.18. The first-order valence-corrected chi connectivity index (χ1v) is 6.94. The summed E-state index contributed by atoms with van der Waals surface area (Å²) in [5.74, 6) is 0.213. The Morgan fingerprint density at radius 2 is 2.26 bits per heavy atom. The number of carbonyl (C=O) groups is 1. The lowest BCUT2D eigenvalue weighted by Crippen LogP contribution is -2.19. The maximum atomic E-state index is 11.6. The molecule has 0 spiro atoms. The molecule has 2 radical (unpaired) electrons. The number of hydrogen-bond donors (Lipinski definition) is 3. The van der Waals surface area contributed by atoms with Gasteiger partial charge in [-0.2, -0.15) is 5.10 Å². The fourth-order valence-corrected chi connectivity index (χ4v) is 2.42. The molecule has 0 saturated heterocycles. The number of aliphatic hydroxyl groups is 1. The van der Waals surface area contributed by atoms with Gasteiger partial charge < -0.3 is 15.7 Å². The van der Waals surface area contributed by atoms with Gasteiger partial charge in [0.25, 0.3) is 0 Å². The molecule has 7 nitrogen and oxygen atoms in total. The number of aryl methyl sites for hydroxylation is 1. The van der Waals surface area contributed by atoms with Gasteiger partial charge in [0.1, 0.15) is 11.8 Å². The van der Waals surface area contributed by atoms with Crippen LogP contribution in [-0.4, -0.2) is 33.6 Å². The number of nitrogens with zero attached hydrogens (tertiary/aromatic N) is 3. The van der Waals surface area contributed by atoms with Gasteiger partial charge in [0.05, 0.1) is 6.61 Å². The van der Waals surface area contributed by atoms with Crippen LogP contribution >= 0.6 is 0 Å². The molecular weight excluding hydrogens is 293 g/mol. The van der Waals surface area contributed by atoms with E-state index in [1.165, 1.54) is 6.33 Å². The molecule has 0 fully saturated rings. The first-order valence-electron chi connectivity index (χ1n) is 6.94. The van der Waals surface area contributed by atoms with Crippen LogP contribution in [0.25, 0.3) is 5.52 Å². The van der Waals surface area contributed by atoms with Crippen LogP contribution < -0.4 is 10.5 Å². The SMILES string of the molecule is [B]NC(=O)c1cccc(Nc2ncnn3cc(CO)c(C)c23)c1. The summed E-state index contributed by atoms with van der Waals surface area (Å²) in [7, 11) is 5.15. The van der Waals surface area contributed by atoms with Gasteiger partial charge in [-0.25, -0.2) is 9.50 Å². The van der Waals surface area contributed by atoms with Gasteiger partial charge in [0.15, 0.2) is 5.82 Å². The van der Waals surface area contributed by atoms with Crippen LogP contribution in [-0.2, 0) is 6.61 Å². The summed E-state index contributed by atoms with van der Waals surface area (Å²) < 4.78 is 1.66. The van der Waals surface area contributed by atoms with Crippen molar-refractivity contribution in [3.05, 3.63) is 53.5 Å². The van der Waals surface area contributed by atoms with Gasteiger partial charge in [-0.3, -0.25) is 4.79 Å². The third-order valence-electron chi connectivity index (χ3n) is 3.62. The van der Waals surface area contributed by atoms with Crippen LogP contribution in [0.2, 0.25) is 0 Å². The number of fused-ring (bicyclic) bond motifs is 1.